The zero-order valence-electron chi connectivity index (χ0n) is 7.58. The van der Waals surface area contributed by atoms with Crippen LogP contribution in [0.1, 0.15) is 12.5 Å². The predicted molar refractivity (Wildman–Crippen MR) is 51.0 cm³/mol. The number of hydrogen-bond donors (Lipinski definition) is 1. The molecule has 0 saturated heterocycles. The minimum absolute atomic E-state index is 0.272. The summed E-state index contributed by atoms with van der Waals surface area (Å²) in [5.74, 6) is 0. The van der Waals surface area contributed by atoms with Crippen LogP contribution < -0.4 is 5.73 Å². The van der Waals surface area contributed by atoms with Crippen LogP contribution in [0.15, 0.2) is 24.3 Å². The molecule has 12 heavy (non-hydrogen) atoms. The highest BCUT2D eigenvalue weighted by Crippen LogP contribution is 2.08. The van der Waals surface area contributed by atoms with Crippen molar-refractivity contribution in [3.05, 3.63) is 29.8 Å². The maximum absolute atomic E-state index is 5.56. The molecule has 2 N–H and O–H groups in total. The molecule has 1 unspecified atom stereocenters. The Kier molecular flexibility index (Phi) is 3.11. The third kappa shape index (κ3) is 2.55. The summed E-state index contributed by atoms with van der Waals surface area (Å²) in [6.07, 6.45) is 1.21. The maximum atomic E-state index is 5.56. The van der Waals surface area contributed by atoms with Crippen LogP contribution in [0.25, 0.3) is 0 Å². The molecule has 66 valence electrons. The van der Waals surface area contributed by atoms with Crippen molar-refractivity contribution in [2.24, 2.45) is 0 Å². The Morgan fingerprint density at radius 1 is 1.33 bits per heavy atom. The molecule has 0 spiro atoms. The van der Waals surface area contributed by atoms with Crippen molar-refractivity contribution in [3.63, 3.8) is 0 Å². The summed E-state index contributed by atoms with van der Waals surface area (Å²) >= 11 is 0. The Morgan fingerprint density at radius 3 is 2.42 bits per heavy atom. The van der Waals surface area contributed by atoms with Gasteiger partial charge < -0.3 is 10.5 Å². The van der Waals surface area contributed by atoms with Crippen molar-refractivity contribution in [1.29, 1.82) is 0 Å². The van der Waals surface area contributed by atoms with Crippen LogP contribution in [-0.4, -0.2) is 13.2 Å². The van der Waals surface area contributed by atoms with Gasteiger partial charge in [-0.1, -0.05) is 12.1 Å². The summed E-state index contributed by atoms with van der Waals surface area (Å²) in [6.45, 7) is 2.05. The van der Waals surface area contributed by atoms with E-state index in [4.69, 9.17) is 10.5 Å². The number of benzene rings is 1. The van der Waals surface area contributed by atoms with Gasteiger partial charge in [0.05, 0.1) is 6.10 Å². The summed E-state index contributed by atoms with van der Waals surface area (Å²) in [6, 6.07) is 7.89. The van der Waals surface area contributed by atoms with Gasteiger partial charge in [-0.25, -0.2) is 0 Å². The minimum Gasteiger partial charge on any atom is -0.399 e. The first kappa shape index (κ1) is 9.07. The number of ether oxygens (including phenoxy) is 1. The fourth-order valence-corrected chi connectivity index (χ4v) is 1.07. The quantitative estimate of drug-likeness (QED) is 0.694. The second kappa shape index (κ2) is 4.12. The van der Waals surface area contributed by atoms with Gasteiger partial charge in [-0.2, -0.15) is 0 Å². The van der Waals surface area contributed by atoms with E-state index in [0.29, 0.717) is 0 Å². The Hall–Kier alpha value is -1.02. The van der Waals surface area contributed by atoms with Crippen LogP contribution >= 0.6 is 0 Å². The van der Waals surface area contributed by atoms with Crippen molar-refractivity contribution in [3.8, 4) is 0 Å². The number of anilines is 1. The monoisotopic (exact) mass is 165 g/mol. The van der Waals surface area contributed by atoms with E-state index in [-0.39, 0.29) is 6.10 Å². The molecule has 0 aliphatic carbocycles. The Balaban J connectivity index is 2.58. The van der Waals surface area contributed by atoms with E-state index < -0.39 is 0 Å². The number of methoxy groups -OCH3 is 1. The van der Waals surface area contributed by atoms with Crippen LogP contribution in [0, 0.1) is 0 Å². The van der Waals surface area contributed by atoms with Crippen molar-refractivity contribution in [1.82, 2.24) is 0 Å². The average molecular weight is 165 g/mol. The molecule has 0 heterocycles. The highest BCUT2D eigenvalue weighted by molar-refractivity contribution is 5.39. The van der Waals surface area contributed by atoms with E-state index in [0.717, 1.165) is 12.1 Å². The first-order chi connectivity index (χ1) is 5.72. The smallest absolute Gasteiger partial charge is 0.0583 e. The van der Waals surface area contributed by atoms with E-state index in [1.807, 2.05) is 24.3 Å². The summed E-state index contributed by atoms with van der Waals surface area (Å²) in [7, 11) is 1.72. The van der Waals surface area contributed by atoms with Crippen LogP contribution in [-0.2, 0) is 11.2 Å². The number of nitrogen functional groups attached to an aromatic ring is 1. The van der Waals surface area contributed by atoms with Gasteiger partial charge in [-0.3, -0.25) is 0 Å². The molecule has 0 radical (unpaired) electrons. The molecule has 0 amide bonds. The van der Waals surface area contributed by atoms with Gasteiger partial charge in [0, 0.05) is 12.8 Å². The van der Waals surface area contributed by atoms with Crippen LogP contribution in [0.3, 0.4) is 0 Å². The summed E-state index contributed by atoms with van der Waals surface area (Å²) in [4.78, 5) is 0. The third-order valence-corrected chi connectivity index (χ3v) is 1.91. The fraction of sp³-hybridized carbons (Fsp3) is 0.400. The number of nitrogens with two attached hydrogens (primary N) is 1. The molecule has 1 rings (SSSR count). The van der Waals surface area contributed by atoms with E-state index in [1.165, 1.54) is 5.56 Å². The molecule has 1 aromatic carbocycles. The van der Waals surface area contributed by atoms with Gasteiger partial charge in [-0.05, 0) is 31.0 Å². The number of rotatable bonds is 3. The van der Waals surface area contributed by atoms with Gasteiger partial charge in [0.2, 0.25) is 0 Å². The molecule has 2 nitrogen and oxygen atoms in total. The number of hydrogen-bond acceptors (Lipinski definition) is 2. The molecule has 2 heteroatoms. The maximum Gasteiger partial charge on any atom is 0.0583 e. The standard InChI is InChI=1S/C10H15NO/c1-8(12-2)7-9-3-5-10(11)6-4-9/h3-6,8H,7,11H2,1-2H3. The van der Waals surface area contributed by atoms with Crippen molar-refractivity contribution in [2.45, 2.75) is 19.4 Å². The second-order valence-corrected chi connectivity index (χ2v) is 2.99. The minimum atomic E-state index is 0.272. The van der Waals surface area contributed by atoms with Crippen molar-refractivity contribution in [2.75, 3.05) is 12.8 Å². The summed E-state index contributed by atoms with van der Waals surface area (Å²) < 4.78 is 5.15. The predicted octanol–water partition coefficient (Wildman–Crippen LogP) is 1.85. The Labute approximate surface area is 73.3 Å². The molecule has 0 aromatic heterocycles. The summed E-state index contributed by atoms with van der Waals surface area (Å²) in [5.41, 5.74) is 7.63. The topological polar surface area (TPSA) is 35.2 Å². The van der Waals surface area contributed by atoms with Gasteiger partial charge in [0.15, 0.2) is 0 Å². The lowest BCUT2D eigenvalue weighted by Gasteiger charge is -2.08. The molecule has 0 aliphatic heterocycles. The van der Waals surface area contributed by atoms with Crippen molar-refractivity contribution >= 4 is 5.69 Å². The molecular weight excluding hydrogens is 150 g/mol. The van der Waals surface area contributed by atoms with Gasteiger partial charge >= 0.3 is 0 Å². The van der Waals surface area contributed by atoms with Gasteiger partial charge in [0.25, 0.3) is 0 Å². The first-order valence-corrected chi connectivity index (χ1v) is 4.09. The molecular formula is C10H15NO. The Bertz CT molecular complexity index is 230. The molecule has 1 aromatic rings. The lowest BCUT2D eigenvalue weighted by Crippen LogP contribution is -2.08. The molecule has 0 bridgehead atoms. The Morgan fingerprint density at radius 2 is 1.92 bits per heavy atom. The highest BCUT2D eigenvalue weighted by Gasteiger charge is 2.00. The van der Waals surface area contributed by atoms with Gasteiger partial charge in [0.1, 0.15) is 0 Å². The van der Waals surface area contributed by atoms with Crippen LogP contribution in [0.4, 0.5) is 5.69 Å². The molecule has 1 atom stereocenters. The largest absolute Gasteiger partial charge is 0.399 e. The highest BCUT2D eigenvalue weighted by atomic mass is 16.5. The van der Waals surface area contributed by atoms with E-state index in [2.05, 4.69) is 6.92 Å². The molecule has 0 fully saturated rings. The van der Waals surface area contributed by atoms with Gasteiger partial charge in [-0.15, -0.1) is 0 Å². The fourth-order valence-electron chi connectivity index (χ4n) is 1.07. The lowest BCUT2D eigenvalue weighted by atomic mass is 10.1. The van der Waals surface area contributed by atoms with Crippen LogP contribution in [0.5, 0.6) is 0 Å². The lowest BCUT2D eigenvalue weighted by molar-refractivity contribution is 0.119. The van der Waals surface area contributed by atoms with E-state index >= 15 is 0 Å². The van der Waals surface area contributed by atoms with E-state index in [9.17, 15) is 0 Å². The van der Waals surface area contributed by atoms with Crippen molar-refractivity contribution < 1.29 is 4.74 Å². The molecule has 0 aliphatic rings. The summed E-state index contributed by atoms with van der Waals surface area (Å²) in [5, 5.41) is 0. The zero-order valence-corrected chi connectivity index (χ0v) is 7.58. The molecule has 0 saturated carbocycles. The average Bonchev–Trinajstić information content (AvgIpc) is 2.09. The first-order valence-electron chi connectivity index (χ1n) is 4.09. The van der Waals surface area contributed by atoms with Crippen LogP contribution in [0.2, 0.25) is 0 Å². The zero-order chi connectivity index (χ0) is 8.97. The SMILES string of the molecule is COC(C)Cc1ccc(N)cc1. The normalized spacial score (nSPS) is 12.8. The van der Waals surface area contributed by atoms with E-state index in [1.54, 1.807) is 7.11 Å². The third-order valence-electron chi connectivity index (χ3n) is 1.91. The second-order valence-electron chi connectivity index (χ2n) is 2.99.